The van der Waals surface area contributed by atoms with E-state index < -0.39 is 10.8 Å². The van der Waals surface area contributed by atoms with E-state index in [1.165, 1.54) is 18.2 Å². The SMILES string of the molecule is CCOC(=O)C(C)c1ccc([N+](=O)[O-])c(Cl)c1. The van der Waals surface area contributed by atoms with Gasteiger partial charge in [-0.15, -0.1) is 0 Å². The molecule has 17 heavy (non-hydrogen) atoms. The Labute approximate surface area is 103 Å². The van der Waals surface area contributed by atoms with Gasteiger partial charge in [0.1, 0.15) is 5.02 Å². The largest absolute Gasteiger partial charge is 0.466 e. The molecule has 1 atom stereocenters. The maximum Gasteiger partial charge on any atom is 0.313 e. The van der Waals surface area contributed by atoms with E-state index in [2.05, 4.69) is 0 Å². The van der Waals surface area contributed by atoms with Crippen LogP contribution in [0, 0.1) is 10.1 Å². The van der Waals surface area contributed by atoms with Crippen molar-refractivity contribution in [3.63, 3.8) is 0 Å². The van der Waals surface area contributed by atoms with Gasteiger partial charge >= 0.3 is 5.97 Å². The molecule has 0 aliphatic carbocycles. The third-order valence-electron chi connectivity index (χ3n) is 2.31. The van der Waals surface area contributed by atoms with Gasteiger partial charge in [0.2, 0.25) is 0 Å². The van der Waals surface area contributed by atoms with Crippen molar-refractivity contribution in [1.82, 2.24) is 0 Å². The average Bonchev–Trinajstić information content (AvgIpc) is 2.27. The quantitative estimate of drug-likeness (QED) is 0.472. The van der Waals surface area contributed by atoms with Gasteiger partial charge in [0.25, 0.3) is 5.69 Å². The van der Waals surface area contributed by atoms with Crippen molar-refractivity contribution in [2.24, 2.45) is 0 Å². The molecule has 0 aromatic heterocycles. The van der Waals surface area contributed by atoms with Crippen LogP contribution in [-0.2, 0) is 9.53 Å². The molecule has 0 heterocycles. The summed E-state index contributed by atoms with van der Waals surface area (Å²) < 4.78 is 4.86. The zero-order valence-electron chi connectivity index (χ0n) is 9.47. The van der Waals surface area contributed by atoms with Crippen molar-refractivity contribution in [3.8, 4) is 0 Å². The lowest BCUT2D eigenvalue weighted by molar-refractivity contribution is -0.384. The number of hydrogen-bond acceptors (Lipinski definition) is 4. The molecule has 0 spiro atoms. The van der Waals surface area contributed by atoms with Gasteiger partial charge in [-0.1, -0.05) is 17.7 Å². The normalized spacial score (nSPS) is 11.9. The summed E-state index contributed by atoms with van der Waals surface area (Å²) in [5.74, 6) is -0.870. The Balaban J connectivity index is 2.97. The molecule has 1 rings (SSSR count). The molecule has 0 radical (unpaired) electrons. The molecule has 6 heteroatoms. The fourth-order valence-corrected chi connectivity index (χ4v) is 1.60. The predicted octanol–water partition coefficient (Wildman–Crippen LogP) is 2.91. The smallest absolute Gasteiger partial charge is 0.313 e. The highest BCUT2D eigenvalue weighted by molar-refractivity contribution is 6.32. The minimum absolute atomic E-state index is 0.0173. The number of ether oxygens (including phenoxy) is 1. The van der Waals surface area contributed by atoms with Crippen LogP contribution in [0.4, 0.5) is 5.69 Å². The van der Waals surface area contributed by atoms with Crippen molar-refractivity contribution in [2.45, 2.75) is 19.8 Å². The maximum absolute atomic E-state index is 11.5. The summed E-state index contributed by atoms with van der Waals surface area (Å²) in [6, 6.07) is 4.21. The molecule has 0 saturated carbocycles. The third-order valence-corrected chi connectivity index (χ3v) is 2.61. The van der Waals surface area contributed by atoms with Crippen LogP contribution in [0.1, 0.15) is 25.3 Å². The number of carbonyl (C=O) groups excluding carboxylic acids is 1. The molecule has 5 nitrogen and oxygen atoms in total. The molecule has 1 aromatic carbocycles. The van der Waals surface area contributed by atoms with Crippen molar-refractivity contribution in [2.75, 3.05) is 6.61 Å². The second-order valence-corrected chi connectivity index (χ2v) is 3.85. The number of nitro benzene ring substituents is 1. The van der Waals surface area contributed by atoms with Crippen molar-refractivity contribution in [1.29, 1.82) is 0 Å². The molecule has 0 aliphatic rings. The average molecular weight is 258 g/mol. The molecule has 1 unspecified atom stereocenters. The Kier molecular flexibility index (Phi) is 4.45. The summed E-state index contributed by atoms with van der Waals surface area (Å²) in [6.07, 6.45) is 0. The van der Waals surface area contributed by atoms with Crippen molar-refractivity contribution >= 4 is 23.3 Å². The number of rotatable bonds is 4. The molecule has 92 valence electrons. The van der Waals surface area contributed by atoms with Crippen LogP contribution in [0.15, 0.2) is 18.2 Å². The molecular weight excluding hydrogens is 246 g/mol. The fourth-order valence-electron chi connectivity index (χ4n) is 1.34. The first kappa shape index (κ1) is 13.4. The van der Waals surface area contributed by atoms with E-state index in [-0.39, 0.29) is 16.7 Å². The van der Waals surface area contributed by atoms with E-state index in [1.807, 2.05) is 0 Å². The lowest BCUT2D eigenvalue weighted by Crippen LogP contribution is -2.13. The molecule has 0 aliphatic heterocycles. The monoisotopic (exact) mass is 257 g/mol. The topological polar surface area (TPSA) is 69.4 Å². The first-order chi connectivity index (χ1) is 7.97. The van der Waals surface area contributed by atoms with Gasteiger partial charge in [-0.25, -0.2) is 0 Å². The molecule has 1 aromatic rings. The summed E-state index contributed by atoms with van der Waals surface area (Å²) in [6.45, 7) is 3.67. The number of halogens is 1. The number of hydrogen-bond donors (Lipinski definition) is 0. The van der Waals surface area contributed by atoms with E-state index in [0.29, 0.717) is 12.2 Å². The van der Waals surface area contributed by atoms with E-state index in [4.69, 9.17) is 16.3 Å². The summed E-state index contributed by atoms with van der Waals surface area (Å²) in [5, 5.41) is 10.6. The first-order valence-corrected chi connectivity index (χ1v) is 5.45. The number of nitro groups is 1. The van der Waals surface area contributed by atoms with Crippen LogP contribution in [0.25, 0.3) is 0 Å². The highest BCUT2D eigenvalue weighted by atomic mass is 35.5. The number of nitrogens with zero attached hydrogens (tertiary/aromatic N) is 1. The molecule has 0 saturated heterocycles. The second-order valence-electron chi connectivity index (χ2n) is 3.44. The molecule has 0 fully saturated rings. The second kappa shape index (κ2) is 5.63. The Morgan fingerprint density at radius 3 is 2.71 bits per heavy atom. The number of esters is 1. The van der Waals surface area contributed by atoms with E-state index in [1.54, 1.807) is 13.8 Å². The standard InChI is InChI=1S/C11H12ClNO4/c1-3-17-11(14)7(2)8-4-5-10(13(15)16)9(12)6-8/h4-7H,3H2,1-2H3. The van der Waals surface area contributed by atoms with Gasteiger partial charge in [0.15, 0.2) is 0 Å². The summed E-state index contributed by atoms with van der Waals surface area (Å²) in [4.78, 5) is 21.5. The lowest BCUT2D eigenvalue weighted by Gasteiger charge is -2.10. The third kappa shape index (κ3) is 3.17. The van der Waals surface area contributed by atoms with Crippen LogP contribution in [0.3, 0.4) is 0 Å². The van der Waals surface area contributed by atoms with Crippen LogP contribution in [-0.4, -0.2) is 17.5 Å². The van der Waals surface area contributed by atoms with E-state index in [9.17, 15) is 14.9 Å². The highest BCUT2D eigenvalue weighted by Crippen LogP contribution is 2.28. The summed E-state index contributed by atoms with van der Waals surface area (Å²) in [5.41, 5.74) is 0.422. The Bertz CT molecular complexity index is 447. The zero-order valence-corrected chi connectivity index (χ0v) is 10.2. The van der Waals surface area contributed by atoms with Crippen molar-refractivity contribution in [3.05, 3.63) is 38.9 Å². The fraction of sp³-hybridized carbons (Fsp3) is 0.364. The minimum atomic E-state index is -0.568. The van der Waals surface area contributed by atoms with Gasteiger partial charge in [-0.2, -0.15) is 0 Å². The van der Waals surface area contributed by atoms with Gasteiger partial charge in [0.05, 0.1) is 17.4 Å². The predicted molar refractivity (Wildman–Crippen MR) is 63.2 cm³/mol. The highest BCUT2D eigenvalue weighted by Gasteiger charge is 2.19. The van der Waals surface area contributed by atoms with Crippen LogP contribution in [0.5, 0.6) is 0 Å². The molecular formula is C11H12ClNO4. The van der Waals surface area contributed by atoms with Gasteiger partial charge < -0.3 is 4.74 Å². The van der Waals surface area contributed by atoms with Crippen LogP contribution < -0.4 is 0 Å². The first-order valence-electron chi connectivity index (χ1n) is 5.07. The molecule has 0 bridgehead atoms. The van der Waals surface area contributed by atoms with Gasteiger partial charge in [-0.05, 0) is 25.5 Å². The van der Waals surface area contributed by atoms with Crippen LogP contribution in [0.2, 0.25) is 5.02 Å². The Morgan fingerprint density at radius 2 is 2.24 bits per heavy atom. The Hall–Kier alpha value is -1.62. The van der Waals surface area contributed by atoms with E-state index >= 15 is 0 Å². The maximum atomic E-state index is 11.5. The van der Waals surface area contributed by atoms with Crippen LogP contribution >= 0.6 is 11.6 Å². The molecule has 0 N–H and O–H groups in total. The summed E-state index contributed by atoms with van der Waals surface area (Å²) in [7, 11) is 0. The number of benzene rings is 1. The van der Waals surface area contributed by atoms with Gasteiger partial charge in [-0.3, -0.25) is 14.9 Å². The van der Waals surface area contributed by atoms with E-state index in [0.717, 1.165) is 0 Å². The molecule has 0 amide bonds. The Morgan fingerprint density at radius 1 is 1.59 bits per heavy atom. The van der Waals surface area contributed by atoms with Crippen molar-refractivity contribution < 1.29 is 14.5 Å². The number of carbonyl (C=O) groups is 1. The van der Waals surface area contributed by atoms with Gasteiger partial charge in [0, 0.05) is 6.07 Å². The zero-order chi connectivity index (χ0) is 13.0. The lowest BCUT2D eigenvalue weighted by atomic mass is 10.0. The summed E-state index contributed by atoms with van der Waals surface area (Å²) >= 11 is 5.76. The minimum Gasteiger partial charge on any atom is -0.466 e.